The highest BCUT2D eigenvalue weighted by atomic mass is 14.3. The molecule has 0 heterocycles. The molecule has 0 aliphatic carbocycles. The van der Waals surface area contributed by atoms with Gasteiger partial charge in [0.2, 0.25) is 0 Å². The maximum absolute atomic E-state index is 2.41. The van der Waals surface area contributed by atoms with Crippen LogP contribution in [-0.4, -0.2) is 0 Å². The van der Waals surface area contributed by atoms with Gasteiger partial charge in [0.1, 0.15) is 0 Å². The molecule has 0 heteroatoms. The van der Waals surface area contributed by atoms with Crippen molar-refractivity contribution in [2.45, 2.75) is 71.6 Å². The van der Waals surface area contributed by atoms with Crippen molar-refractivity contribution in [1.29, 1.82) is 0 Å². The van der Waals surface area contributed by atoms with E-state index in [9.17, 15) is 0 Å². The molecule has 0 bridgehead atoms. The van der Waals surface area contributed by atoms with Gasteiger partial charge in [0.25, 0.3) is 0 Å². The number of benzene rings is 2. The maximum Gasteiger partial charge on any atom is -0.0132 e. The Kier molecular flexibility index (Phi) is 5.04. The average molecular weight is 309 g/mol. The third-order valence-corrected chi connectivity index (χ3v) is 4.64. The lowest BCUT2D eigenvalue weighted by Crippen LogP contribution is -2.17. The van der Waals surface area contributed by atoms with Crippen LogP contribution >= 0.6 is 0 Å². The molecule has 0 fully saturated rings. The first kappa shape index (κ1) is 17.8. The molecule has 0 saturated carbocycles. The second-order valence-corrected chi connectivity index (χ2v) is 8.93. The molecule has 2 aromatic rings. The molecule has 2 aromatic carbocycles. The van der Waals surface area contributed by atoms with Gasteiger partial charge >= 0.3 is 0 Å². The van der Waals surface area contributed by atoms with Crippen LogP contribution in [0.2, 0.25) is 0 Å². The van der Waals surface area contributed by atoms with E-state index in [1.807, 2.05) is 0 Å². The van der Waals surface area contributed by atoms with Crippen molar-refractivity contribution >= 4 is 0 Å². The Morgan fingerprint density at radius 1 is 0.739 bits per heavy atom. The summed E-state index contributed by atoms with van der Waals surface area (Å²) in [6, 6.07) is 18.1. The maximum atomic E-state index is 2.41. The highest BCUT2D eigenvalue weighted by Crippen LogP contribution is 2.32. The largest absolute Gasteiger partial charge is 0.0622 e. The normalized spacial score (nSPS) is 13.9. The van der Waals surface area contributed by atoms with Crippen molar-refractivity contribution in [3.63, 3.8) is 0 Å². The van der Waals surface area contributed by atoms with Crippen molar-refractivity contribution in [2.75, 3.05) is 0 Å². The minimum absolute atomic E-state index is 0.187. The molecule has 2 rings (SSSR count). The van der Waals surface area contributed by atoms with Crippen molar-refractivity contribution in [1.82, 2.24) is 0 Å². The van der Waals surface area contributed by atoms with Crippen LogP contribution in [0, 0.1) is 0 Å². The van der Waals surface area contributed by atoms with Gasteiger partial charge in [-0.3, -0.25) is 0 Å². The molecule has 0 aliphatic rings. The number of hydrogen-bond acceptors (Lipinski definition) is 0. The Morgan fingerprint density at radius 3 is 1.65 bits per heavy atom. The smallest absolute Gasteiger partial charge is 0.0132 e. The van der Waals surface area contributed by atoms with Crippen LogP contribution in [0.4, 0.5) is 0 Å². The molecular formula is C23H32. The minimum atomic E-state index is 0.187. The minimum Gasteiger partial charge on any atom is -0.0622 e. The van der Waals surface area contributed by atoms with Crippen molar-refractivity contribution in [3.05, 3.63) is 70.8 Å². The van der Waals surface area contributed by atoms with Gasteiger partial charge in [-0.25, -0.2) is 0 Å². The van der Waals surface area contributed by atoms with Crippen LogP contribution in [0.5, 0.6) is 0 Å². The van der Waals surface area contributed by atoms with Gasteiger partial charge < -0.3 is 0 Å². The second kappa shape index (κ2) is 6.51. The van der Waals surface area contributed by atoms with Crippen LogP contribution in [0.3, 0.4) is 0 Å². The zero-order chi connectivity index (χ0) is 17.3. The Labute approximate surface area is 143 Å². The highest BCUT2D eigenvalue weighted by Gasteiger charge is 2.21. The van der Waals surface area contributed by atoms with Crippen LogP contribution in [0.15, 0.2) is 48.5 Å². The molecule has 0 amide bonds. The molecule has 0 aromatic heterocycles. The topological polar surface area (TPSA) is 0 Å². The van der Waals surface area contributed by atoms with Gasteiger partial charge in [-0.05, 0) is 45.4 Å². The Hall–Kier alpha value is -1.56. The van der Waals surface area contributed by atoms with Gasteiger partial charge in [0.05, 0.1) is 0 Å². The molecule has 124 valence electrons. The zero-order valence-corrected chi connectivity index (χ0v) is 15.9. The predicted molar refractivity (Wildman–Crippen MR) is 102 cm³/mol. The quantitative estimate of drug-likeness (QED) is 0.597. The molecule has 0 saturated heterocycles. The van der Waals surface area contributed by atoms with Crippen LogP contribution in [0.1, 0.15) is 76.6 Å². The van der Waals surface area contributed by atoms with E-state index in [2.05, 4.69) is 97.0 Å². The summed E-state index contributed by atoms with van der Waals surface area (Å²) >= 11 is 0. The third kappa shape index (κ3) is 4.70. The molecule has 0 N–H and O–H groups in total. The van der Waals surface area contributed by atoms with Gasteiger partial charge in [-0.15, -0.1) is 0 Å². The molecule has 1 atom stereocenters. The van der Waals surface area contributed by atoms with E-state index in [1.165, 1.54) is 22.3 Å². The van der Waals surface area contributed by atoms with E-state index in [0.29, 0.717) is 5.92 Å². The van der Waals surface area contributed by atoms with E-state index in [-0.39, 0.29) is 10.8 Å². The SMILES string of the molecule is CC(Cc1cc(C(C)(C)C)cc(C(C)(C)C)c1)c1ccccc1. The van der Waals surface area contributed by atoms with Crippen molar-refractivity contribution in [2.24, 2.45) is 0 Å². The zero-order valence-electron chi connectivity index (χ0n) is 15.9. The Morgan fingerprint density at radius 2 is 1.22 bits per heavy atom. The van der Waals surface area contributed by atoms with Gasteiger partial charge in [-0.2, -0.15) is 0 Å². The Bertz CT molecular complexity index is 604. The monoisotopic (exact) mass is 308 g/mol. The lowest BCUT2D eigenvalue weighted by Gasteiger charge is -2.27. The Balaban J connectivity index is 2.38. The van der Waals surface area contributed by atoms with E-state index in [4.69, 9.17) is 0 Å². The molecule has 0 nitrogen and oxygen atoms in total. The fraction of sp³-hybridized carbons (Fsp3) is 0.478. The summed E-state index contributed by atoms with van der Waals surface area (Å²) in [6.07, 6.45) is 1.09. The van der Waals surface area contributed by atoms with E-state index < -0.39 is 0 Å². The van der Waals surface area contributed by atoms with E-state index >= 15 is 0 Å². The standard InChI is InChI=1S/C23H32/c1-17(19-11-9-8-10-12-19)13-18-14-20(22(2,3)4)16-21(15-18)23(5,6)7/h8-12,14-17H,13H2,1-7H3. The van der Waals surface area contributed by atoms with Crippen molar-refractivity contribution < 1.29 is 0 Å². The summed E-state index contributed by atoms with van der Waals surface area (Å²) in [7, 11) is 0. The molecule has 0 spiro atoms. The lowest BCUT2D eigenvalue weighted by atomic mass is 9.78. The molecule has 0 aliphatic heterocycles. The van der Waals surface area contributed by atoms with Gasteiger partial charge in [0.15, 0.2) is 0 Å². The summed E-state index contributed by atoms with van der Waals surface area (Å²) in [5.74, 6) is 0.541. The molecule has 23 heavy (non-hydrogen) atoms. The summed E-state index contributed by atoms with van der Waals surface area (Å²) in [6.45, 7) is 16.2. The van der Waals surface area contributed by atoms with Crippen LogP contribution in [-0.2, 0) is 17.3 Å². The predicted octanol–water partition coefficient (Wildman–Crippen LogP) is 6.63. The summed E-state index contributed by atoms with van der Waals surface area (Å²) in [5.41, 5.74) is 6.14. The summed E-state index contributed by atoms with van der Waals surface area (Å²) < 4.78 is 0. The molecular weight excluding hydrogens is 276 g/mol. The third-order valence-electron chi connectivity index (χ3n) is 4.64. The first-order valence-electron chi connectivity index (χ1n) is 8.77. The number of hydrogen-bond donors (Lipinski definition) is 0. The summed E-state index contributed by atoms with van der Waals surface area (Å²) in [4.78, 5) is 0. The van der Waals surface area contributed by atoms with Crippen LogP contribution in [0.25, 0.3) is 0 Å². The first-order chi connectivity index (χ1) is 10.6. The highest BCUT2D eigenvalue weighted by molar-refractivity contribution is 5.38. The summed E-state index contributed by atoms with van der Waals surface area (Å²) in [5, 5.41) is 0. The fourth-order valence-electron chi connectivity index (χ4n) is 2.93. The van der Waals surface area contributed by atoms with E-state index in [1.54, 1.807) is 0 Å². The van der Waals surface area contributed by atoms with Crippen LogP contribution < -0.4 is 0 Å². The van der Waals surface area contributed by atoms with Gasteiger partial charge in [-0.1, -0.05) is 97.0 Å². The average Bonchev–Trinajstić information content (AvgIpc) is 2.46. The second-order valence-electron chi connectivity index (χ2n) is 8.93. The molecule has 0 radical (unpaired) electrons. The van der Waals surface area contributed by atoms with Gasteiger partial charge in [0, 0.05) is 0 Å². The fourth-order valence-corrected chi connectivity index (χ4v) is 2.93. The van der Waals surface area contributed by atoms with Crippen molar-refractivity contribution in [3.8, 4) is 0 Å². The van der Waals surface area contributed by atoms with E-state index in [0.717, 1.165) is 6.42 Å². The number of rotatable bonds is 3. The first-order valence-corrected chi connectivity index (χ1v) is 8.77. The molecule has 1 unspecified atom stereocenters. The lowest BCUT2D eigenvalue weighted by molar-refractivity contribution is 0.565.